The lowest BCUT2D eigenvalue weighted by atomic mass is 9.86. The molecule has 6 rings (SSSR count). The maximum absolute atomic E-state index is 13.6. The first-order valence-electron chi connectivity index (χ1n) is 18.7. The molecule has 294 valence electrons. The summed E-state index contributed by atoms with van der Waals surface area (Å²) in [6.45, 7) is 14.3. The summed E-state index contributed by atoms with van der Waals surface area (Å²) in [7, 11) is 2.53. The van der Waals surface area contributed by atoms with Gasteiger partial charge in [-0.2, -0.15) is 0 Å². The normalized spacial score (nSPS) is 13.9. The standard InChI is InChI=1S/C43H52N7O5P/c1-43(2,3)30-24-36(40(54-6)38(25-30)56(7,8)53)48-42(52)47-35-13-14-37(34-12-10-9-11-33(34)35)55-32-15-16-45-39(26-32)46-31-22-28(21-29(23-31)41(51)44-4)27-50-19-17-49(5)18-20-50/h9-16,21-26H,17-20,27H2,1-8H3,(H,44,51)(H,45,46)(H2,47,48,52). The van der Waals surface area contributed by atoms with Crippen LogP contribution in [0.3, 0.4) is 0 Å². The second-order valence-corrected chi connectivity index (χ2v) is 18.8. The number of methoxy groups -OCH3 is 1. The summed E-state index contributed by atoms with van der Waals surface area (Å²) in [5, 5.41) is 14.2. The first-order chi connectivity index (χ1) is 26.6. The Kier molecular flexibility index (Phi) is 12.0. The first-order valence-corrected chi connectivity index (χ1v) is 21.3. The van der Waals surface area contributed by atoms with E-state index in [2.05, 4.69) is 69.9 Å². The highest BCUT2D eigenvalue weighted by atomic mass is 31.2. The number of ether oxygens (including phenoxy) is 2. The smallest absolute Gasteiger partial charge is 0.323 e. The fraction of sp³-hybridized carbons (Fsp3) is 0.326. The Morgan fingerprint density at radius 2 is 1.59 bits per heavy atom. The quantitative estimate of drug-likeness (QED) is 0.0982. The van der Waals surface area contributed by atoms with Crippen molar-refractivity contribution in [3.05, 3.63) is 102 Å². The van der Waals surface area contributed by atoms with E-state index in [4.69, 9.17) is 9.47 Å². The molecule has 3 amide bonds. The van der Waals surface area contributed by atoms with Gasteiger partial charge in [-0.15, -0.1) is 0 Å². The molecule has 0 unspecified atom stereocenters. The first kappa shape index (κ1) is 40.2. The lowest BCUT2D eigenvalue weighted by Crippen LogP contribution is -2.43. The Labute approximate surface area is 329 Å². The molecule has 0 bridgehead atoms. The third-order valence-corrected chi connectivity index (χ3v) is 11.3. The van der Waals surface area contributed by atoms with Crippen molar-refractivity contribution in [1.29, 1.82) is 0 Å². The van der Waals surface area contributed by atoms with Crippen molar-refractivity contribution in [3.8, 4) is 17.2 Å². The summed E-state index contributed by atoms with van der Waals surface area (Å²) in [6.07, 6.45) is 1.66. The van der Waals surface area contributed by atoms with Crippen molar-refractivity contribution in [2.75, 3.05) is 76.7 Å². The van der Waals surface area contributed by atoms with Crippen LogP contribution in [0.2, 0.25) is 0 Å². The number of benzene rings is 4. The maximum Gasteiger partial charge on any atom is 0.323 e. The summed E-state index contributed by atoms with van der Waals surface area (Å²) in [5.41, 5.74) is 4.04. The molecule has 1 aliphatic heterocycles. The van der Waals surface area contributed by atoms with Crippen LogP contribution in [-0.4, -0.2) is 87.4 Å². The molecule has 1 aliphatic rings. The lowest BCUT2D eigenvalue weighted by Gasteiger charge is -2.32. The minimum absolute atomic E-state index is 0.159. The van der Waals surface area contributed by atoms with Gasteiger partial charge in [0, 0.05) is 74.1 Å². The topological polar surface area (TPSA) is 137 Å². The highest BCUT2D eigenvalue weighted by Gasteiger charge is 2.26. The average Bonchev–Trinajstić information content (AvgIpc) is 3.15. The van der Waals surface area contributed by atoms with E-state index in [9.17, 15) is 14.2 Å². The number of hydrogen-bond acceptors (Lipinski definition) is 9. The van der Waals surface area contributed by atoms with Gasteiger partial charge < -0.3 is 40.2 Å². The van der Waals surface area contributed by atoms with Gasteiger partial charge in [-0.05, 0) is 85.5 Å². The number of aromatic nitrogens is 1. The fourth-order valence-electron chi connectivity index (χ4n) is 6.71. The molecule has 1 saturated heterocycles. The number of nitrogens with zero attached hydrogens (tertiary/aromatic N) is 3. The Balaban J connectivity index is 1.22. The number of hydrogen-bond donors (Lipinski definition) is 4. The van der Waals surface area contributed by atoms with E-state index in [1.165, 1.54) is 7.11 Å². The molecule has 1 fully saturated rings. The predicted molar refractivity (Wildman–Crippen MR) is 228 cm³/mol. The van der Waals surface area contributed by atoms with Crippen LogP contribution in [0.5, 0.6) is 17.2 Å². The summed E-state index contributed by atoms with van der Waals surface area (Å²) in [5.74, 6) is 1.92. The van der Waals surface area contributed by atoms with Gasteiger partial charge in [-0.25, -0.2) is 9.78 Å². The zero-order valence-corrected chi connectivity index (χ0v) is 34.3. The fourth-order valence-corrected chi connectivity index (χ4v) is 7.86. The van der Waals surface area contributed by atoms with Crippen LogP contribution in [0.4, 0.5) is 27.7 Å². The van der Waals surface area contributed by atoms with Gasteiger partial charge in [0.05, 0.1) is 23.8 Å². The van der Waals surface area contributed by atoms with Gasteiger partial charge in [0.2, 0.25) is 0 Å². The number of piperazine rings is 1. The van der Waals surface area contributed by atoms with E-state index >= 15 is 0 Å². The van der Waals surface area contributed by atoms with Crippen molar-refractivity contribution >= 4 is 58.0 Å². The Morgan fingerprint density at radius 3 is 2.27 bits per heavy atom. The molecule has 13 heteroatoms. The molecule has 56 heavy (non-hydrogen) atoms. The average molecular weight is 778 g/mol. The number of nitrogens with one attached hydrogen (secondary N) is 4. The van der Waals surface area contributed by atoms with Crippen LogP contribution in [0.1, 0.15) is 42.3 Å². The van der Waals surface area contributed by atoms with Gasteiger partial charge in [0.15, 0.2) is 5.75 Å². The number of anilines is 4. The summed E-state index contributed by atoms with van der Waals surface area (Å²) < 4.78 is 25.4. The molecule has 1 aromatic heterocycles. The number of fused-ring (bicyclic) bond motifs is 1. The van der Waals surface area contributed by atoms with Crippen LogP contribution in [-0.2, 0) is 16.5 Å². The van der Waals surface area contributed by atoms with Gasteiger partial charge in [-0.3, -0.25) is 9.69 Å². The molecule has 0 atom stereocenters. The molecule has 4 N–H and O–H groups in total. The third kappa shape index (κ3) is 9.68. The monoisotopic (exact) mass is 777 g/mol. The molecular formula is C43H52N7O5P. The van der Waals surface area contributed by atoms with Crippen molar-refractivity contribution < 1.29 is 23.6 Å². The van der Waals surface area contributed by atoms with E-state index in [1.807, 2.05) is 54.6 Å². The van der Waals surface area contributed by atoms with Crippen LogP contribution in [0.15, 0.2) is 85.1 Å². The summed E-state index contributed by atoms with van der Waals surface area (Å²) in [4.78, 5) is 35.5. The van der Waals surface area contributed by atoms with E-state index in [0.717, 1.165) is 60.3 Å². The molecule has 12 nitrogen and oxygen atoms in total. The number of urea groups is 1. The number of carbonyl (C=O) groups is 2. The second kappa shape index (κ2) is 16.8. The highest BCUT2D eigenvalue weighted by molar-refractivity contribution is 7.70. The number of likely N-dealkylation sites (N-methyl/N-ethyl adjacent to an activating group) is 1. The molecule has 0 saturated carbocycles. The van der Waals surface area contributed by atoms with Crippen LogP contribution >= 0.6 is 7.14 Å². The van der Waals surface area contributed by atoms with Gasteiger partial charge in [0.25, 0.3) is 5.91 Å². The number of pyridine rings is 1. The minimum Gasteiger partial charge on any atom is -0.494 e. The molecule has 2 heterocycles. The minimum atomic E-state index is -2.75. The van der Waals surface area contributed by atoms with Crippen molar-refractivity contribution in [2.24, 2.45) is 0 Å². The van der Waals surface area contributed by atoms with Gasteiger partial charge in [0.1, 0.15) is 24.5 Å². The molecule has 4 aromatic carbocycles. The van der Waals surface area contributed by atoms with E-state index < -0.39 is 13.2 Å². The van der Waals surface area contributed by atoms with Crippen molar-refractivity contribution in [1.82, 2.24) is 20.1 Å². The Hall–Kier alpha value is -5.42. The van der Waals surface area contributed by atoms with Crippen LogP contribution < -0.4 is 36.0 Å². The molecule has 0 spiro atoms. The Morgan fingerprint density at radius 1 is 0.875 bits per heavy atom. The largest absolute Gasteiger partial charge is 0.494 e. The SMILES string of the molecule is CNC(=O)c1cc(CN2CCN(C)CC2)cc(Nc2cc(Oc3ccc(NC(=O)Nc4cc(C(C)(C)C)cc(P(C)(C)=O)c4OC)c4ccccc34)ccn2)c1. The Bertz CT molecular complexity index is 2290. The van der Waals surface area contributed by atoms with Crippen LogP contribution in [0.25, 0.3) is 10.8 Å². The molecular weight excluding hydrogens is 725 g/mol. The van der Waals surface area contributed by atoms with E-state index in [-0.39, 0.29) is 11.3 Å². The van der Waals surface area contributed by atoms with Crippen LogP contribution in [0, 0.1) is 0 Å². The lowest BCUT2D eigenvalue weighted by molar-refractivity contribution is 0.0962. The van der Waals surface area contributed by atoms with Gasteiger partial charge in [-0.1, -0.05) is 45.0 Å². The molecule has 5 aromatic rings. The number of carbonyl (C=O) groups excluding carboxylic acids is 2. The van der Waals surface area contributed by atoms with E-state index in [1.54, 1.807) is 44.8 Å². The maximum atomic E-state index is 13.6. The summed E-state index contributed by atoms with van der Waals surface area (Å²) >= 11 is 0. The zero-order valence-electron chi connectivity index (χ0n) is 33.4. The number of rotatable bonds is 11. The predicted octanol–water partition coefficient (Wildman–Crippen LogP) is 8.08. The highest BCUT2D eigenvalue weighted by Crippen LogP contribution is 2.43. The third-order valence-electron chi connectivity index (χ3n) is 9.82. The van der Waals surface area contributed by atoms with Crippen molar-refractivity contribution in [3.63, 3.8) is 0 Å². The zero-order chi connectivity index (χ0) is 40.2. The van der Waals surface area contributed by atoms with Gasteiger partial charge >= 0.3 is 6.03 Å². The molecule has 0 radical (unpaired) electrons. The van der Waals surface area contributed by atoms with E-state index in [0.29, 0.717) is 45.3 Å². The number of amides is 3. The molecule has 0 aliphatic carbocycles. The van der Waals surface area contributed by atoms with Crippen molar-refractivity contribution in [2.45, 2.75) is 32.7 Å². The second-order valence-electron chi connectivity index (χ2n) is 15.6. The summed E-state index contributed by atoms with van der Waals surface area (Å²) in [6, 6.07) is 24.0.